The van der Waals surface area contributed by atoms with Gasteiger partial charge in [-0.2, -0.15) is 0 Å². The van der Waals surface area contributed by atoms with Gasteiger partial charge in [0.2, 0.25) is 0 Å². The Morgan fingerprint density at radius 3 is 2.81 bits per heavy atom. The molecule has 26 heavy (non-hydrogen) atoms. The molecule has 1 aromatic heterocycles. The molecule has 0 spiro atoms. The summed E-state index contributed by atoms with van der Waals surface area (Å²) in [7, 11) is 0. The summed E-state index contributed by atoms with van der Waals surface area (Å²) >= 11 is 1.39. The van der Waals surface area contributed by atoms with Crippen molar-refractivity contribution in [2.75, 3.05) is 11.9 Å². The largest absolute Gasteiger partial charge is 0.484 e. The van der Waals surface area contributed by atoms with Gasteiger partial charge in [-0.15, -0.1) is 11.3 Å². The number of aryl methyl sites for hydroxylation is 2. The molecule has 2 N–H and O–H groups in total. The molecule has 138 valence electrons. The molecule has 1 amide bonds. The number of hydrogen-bond acceptors (Lipinski definition) is 4. The molecule has 0 saturated carbocycles. The van der Waals surface area contributed by atoms with Crippen LogP contribution < -0.4 is 10.1 Å². The lowest BCUT2D eigenvalue weighted by atomic mass is 10.1. The first-order valence-corrected chi connectivity index (χ1v) is 9.79. The van der Waals surface area contributed by atoms with Gasteiger partial charge >= 0.3 is 5.97 Å². The summed E-state index contributed by atoms with van der Waals surface area (Å²) in [5.41, 5.74) is 2.29. The van der Waals surface area contributed by atoms with E-state index in [1.54, 1.807) is 0 Å². The van der Waals surface area contributed by atoms with Gasteiger partial charge in [-0.3, -0.25) is 4.79 Å². The van der Waals surface area contributed by atoms with Gasteiger partial charge in [-0.1, -0.05) is 25.5 Å². The Balaban J connectivity index is 1.70. The van der Waals surface area contributed by atoms with Crippen molar-refractivity contribution in [3.8, 4) is 5.75 Å². The highest BCUT2D eigenvalue weighted by Gasteiger charge is 2.25. The van der Waals surface area contributed by atoms with Gasteiger partial charge in [-0.25, -0.2) is 4.79 Å². The van der Waals surface area contributed by atoms with Crippen molar-refractivity contribution < 1.29 is 19.4 Å². The third-order valence-electron chi connectivity index (χ3n) is 4.56. The van der Waals surface area contributed by atoms with Crippen molar-refractivity contribution in [2.45, 2.75) is 45.4 Å². The number of carbonyl (C=O) groups excluding carboxylic acids is 1. The Hall–Kier alpha value is -2.34. The number of benzene rings is 1. The molecule has 0 saturated heterocycles. The second-order valence-electron chi connectivity index (χ2n) is 6.41. The molecule has 6 heteroatoms. The van der Waals surface area contributed by atoms with Crippen molar-refractivity contribution in [3.63, 3.8) is 0 Å². The van der Waals surface area contributed by atoms with Gasteiger partial charge in [0, 0.05) is 4.88 Å². The number of carboxylic acids is 1. The summed E-state index contributed by atoms with van der Waals surface area (Å²) in [6.07, 6.45) is 5.73. The lowest BCUT2D eigenvalue weighted by Gasteiger charge is -2.08. The highest BCUT2D eigenvalue weighted by Crippen LogP contribution is 2.37. The van der Waals surface area contributed by atoms with Crippen LogP contribution in [0.3, 0.4) is 0 Å². The molecule has 0 fully saturated rings. The van der Waals surface area contributed by atoms with E-state index < -0.39 is 5.97 Å². The molecule has 1 heterocycles. The Kier molecular flexibility index (Phi) is 5.93. The summed E-state index contributed by atoms with van der Waals surface area (Å²) in [6, 6.07) is 7.61. The Morgan fingerprint density at radius 1 is 1.23 bits per heavy atom. The number of thiophene rings is 1. The van der Waals surface area contributed by atoms with Gasteiger partial charge in [-0.05, 0) is 55.4 Å². The number of rotatable bonds is 6. The molecule has 0 radical (unpaired) electrons. The minimum Gasteiger partial charge on any atom is -0.484 e. The first kappa shape index (κ1) is 18.5. The van der Waals surface area contributed by atoms with Crippen molar-refractivity contribution in [3.05, 3.63) is 45.8 Å². The summed E-state index contributed by atoms with van der Waals surface area (Å²) in [4.78, 5) is 25.1. The predicted octanol–water partition coefficient (Wildman–Crippen LogP) is 4.30. The number of nitrogens with one attached hydrogen (secondary N) is 1. The molecule has 3 rings (SSSR count). The van der Waals surface area contributed by atoms with Gasteiger partial charge in [0.15, 0.2) is 6.61 Å². The van der Waals surface area contributed by atoms with E-state index in [9.17, 15) is 14.7 Å². The predicted molar refractivity (Wildman–Crippen MR) is 102 cm³/mol. The standard InChI is InChI=1S/C20H23NO4S/c1-2-13-7-6-8-14(11-13)25-12-17(22)21-19-18(20(23)24)15-9-4-3-5-10-16(15)26-19/h6-8,11H,2-5,9-10,12H2,1H3,(H,21,22)(H,23,24). The van der Waals surface area contributed by atoms with E-state index in [0.29, 0.717) is 10.8 Å². The number of fused-ring (bicyclic) bond motifs is 1. The Bertz CT molecular complexity index is 812. The van der Waals surface area contributed by atoms with Crippen molar-refractivity contribution >= 4 is 28.2 Å². The molecule has 5 nitrogen and oxygen atoms in total. The normalized spacial score (nSPS) is 13.6. The first-order chi connectivity index (χ1) is 12.6. The van der Waals surface area contributed by atoms with E-state index in [1.165, 1.54) is 11.3 Å². The molecule has 0 unspecified atom stereocenters. The van der Waals surface area contributed by atoms with Crippen LogP contribution in [0.2, 0.25) is 0 Å². The minimum atomic E-state index is -0.976. The SMILES string of the molecule is CCc1cccc(OCC(=O)Nc2sc3c(c2C(=O)O)CCCCC3)c1. The van der Waals surface area contributed by atoms with Gasteiger partial charge in [0.1, 0.15) is 10.8 Å². The van der Waals surface area contributed by atoms with Crippen LogP contribution in [0, 0.1) is 0 Å². The summed E-state index contributed by atoms with van der Waals surface area (Å²) in [5, 5.41) is 12.8. The molecule has 1 aromatic carbocycles. The molecular formula is C20H23NO4S. The Morgan fingerprint density at radius 2 is 2.04 bits per heavy atom. The lowest BCUT2D eigenvalue weighted by Crippen LogP contribution is -2.21. The number of aromatic carboxylic acids is 1. The first-order valence-electron chi connectivity index (χ1n) is 8.98. The number of anilines is 1. The fourth-order valence-electron chi connectivity index (χ4n) is 3.22. The molecule has 2 aromatic rings. The number of carbonyl (C=O) groups is 2. The zero-order valence-corrected chi connectivity index (χ0v) is 15.7. The fraction of sp³-hybridized carbons (Fsp3) is 0.400. The Labute approximate surface area is 157 Å². The van der Waals surface area contributed by atoms with Crippen LogP contribution in [0.4, 0.5) is 5.00 Å². The highest BCUT2D eigenvalue weighted by molar-refractivity contribution is 7.17. The third-order valence-corrected chi connectivity index (χ3v) is 5.77. The zero-order valence-electron chi connectivity index (χ0n) is 14.8. The fourth-order valence-corrected chi connectivity index (χ4v) is 4.52. The molecule has 0 atom stereocenters. The van der Waals surface area contributed by atoms with E-state index >= 15 is 0 Å². The van der Waals surface area contributed by atoms with E-state index in [1.807, 2.05) is 24.3 Å². The molecule has 0 aliphatic heterocycles. The maximum Gasteiger partial charge on any atom is 0.339 e. The van der Waals surface area contributed by atoms with Crippen LogP contribution in [0.1, 0.15) is 52.5 Å². The quantitative estimate of drug-likeness (QED) is 0.741. The van der Waals surface area contributed by atoms with Crippen molar-refractivity contribution in [2.24, 2.45) is 0 Å². The van der Waals surface area contributed by atoms with E-state index in [2.05, 4.69) is 12.2 Å². The number of amides is 1. The summed E-state index contributed by atoms with van der Waals surface area (Å²) in [5.74, 6) is -0.679. The highest BCUT2D eigenvalue weighted by atomic mass is 32.1. The molecule has 0 bridgehead atoms. The molecule has 1 aliphatic carbocycles. The maximum atomic E-state index is 12.3. The van der Waals surface area contributed by atoms with Gasteiger partial charge < -0.3 is 15.2 Å². The average molecular weight is 373 g/mol. The molecular weight excluding hydrogens is 350 g/mol. The topological polar surface area (TPSA) is 75.6 Å². The monoisotopic (exact) mass is 373 g/mol. The van der Waals surface area contributed by atoms with Crippen LogP contribution in [0.5, 0.6) is 5.75 Å². The maximum absolute atomic E-state index is 12.3. The van der Waals surface area contributed by atoms with Crippen LogP contribution >= 0.6 is 11.3 Å². The van der Waals surface area contributed by atoms with Crippen LogP contribution in [0.25, 0.3) is 0 Å². The van der Waals surface area contributed by atoms with Crippen molar-refractivity contribution in [1.82, 2.24) is 0 Å². The van der Waals surface area contributed by atoms with Crippen LogP contribution in [-0.4, -0.2) is 23.6 Å². The smallest absolute Gasteiger partial charge is 0.339 e. The molecule has 1 aliphatic rings. The van der Waals surface area contributed by atoms with Crippen LogP contribution in [-0.2, 0) is 24.1 Å². The van der Waals surface area contributed by atoms with E-state index in [-0.39, 0.29) is 18.1 Å². The minimum absolute atomic E-state index is 0.144. The van der Waals surface area contributed by atoms with E-state index in [0.717, 1.165) is 54.5 Å². The second kappa shape index (κ2) is 8.36. The number of hydrogen-bond donors (Lipinski definition) is 2. The van der Waals surface area contributed by atoms with Crippen molar-refractivity contribution in [1.29, 1.82) is 0 Å². The van der Waals surface area contributed by atoms with Crippen LogP contribution in [0.15, 0.2) is 24.3 Å². The van der Waals surface area contributed by atoms with Gasteiger partial charge in [0.25, 0.3) is 5.91 Å². The van der Waals surface area contributed by atoms with Gasteiger partial charge in [0.05, 0.1) is 5.56 Å². The lowest BCUT2D eigenvalue weighted by molar-refractivity contribution is -0.118. The number of ether oxygens (including phenoxy) is 1. The second-order valence-corrected chi connectivity index (χ2v) is 7.52. The third kappa shape index (κ3) is 4.25. The average Bonchev–Trinajstić information content (AvgIpc) is 2.81. The zero-order chi connectivity index (χ0) is 18.5. The summed E-state index contributed by atoms with van der Waals surface area (Å²) < 4.78 is 5.55. The summed E-state index contributed by atoms with van der Waals surface area (Å²) in [6.45, 7) is 1.91. The number of carboxylic acid groups (broad SMARTS) is 1. The van der Waals surface area contributed by atoms with E-state index in [4.69, 9.17) is 4.74 Å².